The molecule has 8 heteroatoms. The van der Waals surface area contributed by atoms with Crippen molar-refractivity contribution in [1.82, 2.24) is 0 Å². The van der Waals surface area contributed by atoms with E-state index in [0.717, 1.165) is 16.8 Å². The van der Waals surface area contributed by atoms with Gasteiger partial charge < -0.3 is 24.4 Å². The van der Waals surface area contributed by atoms with E-state index in [-0.39, 0.29) is 18.1 Å². The lowest BCUT2D eigenvalue weighted by Gasteiger charge is -2.25. The summed E-state index contributed by atoms with van der Waals surface area (Å²) in [6, 6.07) is 17.6. The second kappa shape index (κ2) is 11.0. The van der Waals surface area contributed by atoms with E-state index in [1.807, 2.05) is 36.4 Å². The first kappa shape index (κ1) is 23.6. The van der Waals surface area contributed by atoms with Gasteiger partial charge in [0.15, 0.2) is 17.6 Å². The Morgan fingerprint density at radius 3 is 2.55 bits per heavy atom. The van der Waals surface area contributed by atoms with E-state index in [1.54, 1.807) is 19.1 Å². The van der Waals surface area contributed by atoms with Gasteiger partial charge in [0.1, 0.15) is 6.10 Å². The highest BCUT2D eigenvalue weighted by Gasteiger charge is 2.27. The van der Waals surface area contributed by atoms with Crippen molar-refractivity contribution in [1.29, 1.82) is 0 Å². The maximum absolute atomic E-state index is 12.9. The number of benzene rings is 3. The Bertz CT molecular complexity index is 1150. The molecule has 0 fully saturated rings. The van der Waals surface area contributed by atoms with Gasteiger partial charge >= 0.3 is 12.1 Å². The number of nitrogens with one attached hydrogen (secondary N) is 1. The van der Waals surface area contributed by atoms with Gasteiger partial charge in [0.25, 0.3) is 0 Å². The summed E-state index contributed by atoms with van der Waals surface area (Å²) >= 11 is 0. The molecule has 0 bridgehead atoms. The first-order valence-corrected chi connectivity index (χ1v) is 10.3. The number of carboxylic acid groups (broad SMARTS) is 1. The summed E-state index contributed by atoms with van der Waals surface area (Å²) in [5, 5.41) is 23.8. The number of carbonyl (C=O) groups excluding carboxylic acids is 1. The summed E-state index contributed by atoms with van der Waals surface area (Å²) in [7, 11) is 1.42. The Morgan fingerprint density at radius 1 is 1.09 bits per heavy atom. The lowest BCUT2D eigenvalue weighted by atomic mass is 10.0. The van der Waals surface area contributed by atoms with Crippen LogP contribution in [0, 0.1) is 0 Å². The average Bonchev–Trinajstić information content (AvgIpc) is 2.80. The van der Waals surface area contributed by atoms with Crippen LogP contribution in [0.5, 0.6) is 11.5 Å². The molecule has 3 aromatic carbocycles. The number of ether oxygens (including phenoxy) is 3. The summed E-state index contributed by atoms with van der Waals surface area (Å²) in [6.07, 6.45) is -0.518. The van der Waals surface area contributed by atoms with E-state index < -0.39 is 24.3 Å². The molecular formula is C25H25NO7. The minimum absolute atomic E-state index is 0.157. The van der Waals surface area contributed by atoms with Crippen molar-refractivity contribution >= 4 is 28.5 Å². The van der Waals surface area contributed by atoms with E-state index in [0.29, 0.717) is 11.3 Å². The largest absolute Gasteiger partial charge is 0.504 e. The molecule has 0 heterocycles. The van der Waals surface area contributed by atoms with Crippen LogP contribution < -0.4 is 10.1 Å². The number of hydrogen-bond donors (Lipinski definition) is 3. The van der Waals surface area contributed by atoms with Crippen LogP contribution in [0.1, 0.15) is 18.6 Å². The zero-order chi connectivity index (χ0) is 23.8. The maximum Gasteiger partial charge on any atom is 0.412 e. The molecule has 0 unspecified atom stereocenters. The highest BCUT2D eigenvalue weighted by atomic mass is 16.6. The SMILES string of the molecule is CCO[C@@H](/C=C/C(=O)O)[C@@H](OC(=O)Nc1cccc2ccccc12)c1ccc(OC)c(O)c1. The number of fused-ring (bicyclic) bond motifs is 1. The Hall–Kier alpha value is -4.04. The van der Waals surface area contributed by atoms with Crippen molar-refractivity contribution in [3.8, 4) is 11.5 Å². The molecule has 0 saturated carbocycles. The topological polar surface area (TPSA) is 114 Å². The first-order chi connectivity index (χ1) is 15.9. The molecule has 0 aromatic heterocycles. The van der Waals surface area contributed by atoms with Gasteiger partial charge in [-0.3, -0.25) is 5.32 Å². The number of methoxy groups -OCH3 is 1. The van der Waals surface area contributed by atoms with Crippen molar-refractivity contribution in [2.45, 2.75) is 19.1 Å². The lowest BCUT2D eigenvalue weighted by Crippen LogP contribution is -2.28. The van der Waals surface area contributed by atoms with Crippen molar-refractivity contribution in [3.63, 3.8) is 0 Å². The van der Waals surface area contributed by atoms with Crippen LogP contribution in [0.15, 0.2) is 72.8 Å². The number of phenols is 1. The third-order valence-electron chi connectivity index (χ3n) is 4.88. The Balaban J connectivity index is 1.93. The van der Waals surface area contributed by atoms with E-state index in [9.17, 15) is 14.7 Å². The predicted octanol–water partition coefficient (Wildman–Crippen LogP) is 4.89. The molecule has 1 amide bonds. The number of anilines is 1. The number of rotatable bonds is 9. The maximum atomic E-state index is 12.9. The summed E-state index contributed by atoms with van der Waals surface area (Å²) in [4.78, 5) is 24.0. The highest BCUT2D eigenvalue weighted by molar-refractivity contribution is 6.00. The standard InChI is InChI=1S/C25H25NO7/c1-3-32-22(13-14-23(28)29)24(17-11-12-21(31-2)20(27)15-17)33-25(30)26-19-10-6-8-16-7-4-5-9-18(16)19/h4-15,22,24,27H,3H2,1-2H3,(H,26,30)(H,28,29)/b14-13+/t22-,24-/m0/s1. The molecule has 0 spiro atoms. The van der Waals surface area contributed by atoms with Gasteiger partial charge in [-0.15, -0.1) is 0 Å². The van der Waals surface area contributed by atoms with Gasteiger partial charge in [0.05, 0.1) is 12.8 Å². The molecule has 8 nitrogen and oxygen atoms in total. The molecular weight excluding hydrogens is 426 g/mol. The molecule has 0 radical (unpaired) electrons. The van der Waals surface area contributed by atoms with Gasteiger partial charge in [0, 0.05) is 18.1 Å². The van der Waals surface area contributed by atoms with Gasteiger partial charge in [-0.05, 0) is 42.1 Å². The molecule has 2 atom stereocenters. The molecule has 0 saturated heterocycles. The Kier molecular flexibility index (Phi) is 7.88. The Morgan fingerprint density at radius 2 is 1.85 bits per heavy atom. The molecule has 172 valence electrons. The van der Waals surface area contributed by atoms with Crippen molar-refractivity contribution in [3.05, 3.63) is 78.4 Å². The summed E-state index contributed by atoms with van der Waals surface area (Å²) in [5.41, 5.74) is 0.957. The van der Waals surface area contributed by atoms with Crippen molar-refractivity contribution in [2.75, 3.05) is 19.0 Å². The van der Waals surface area contributed by atoms with Crippen LogP contribution in [0.4, 0.5) is 10.5 Å². The lowest BCUT2D eigenvalue weighted by molar-refractivity contribution is -0.131. The zero-order valence-corrected chi connectivity index (χ0v) is 18.2. The third-order valence-corrected chi connectivity index (χ3v) is 4.88. The van der Waals surface area contributed by atoms with Gasteiger partial charge in [-0.25, -0.2) is 9.59 Å². The number of carbonyl (C=O) groups is 2. The van der Waals surface area contributed by atoms with Crippen LogP contribution in [0.3, 0.4) is 0 Å². The molecule has 3 rings (SSSR count). The summed E-state index contributed by atoms with van der Waals surface area (Å²) in [5.74, 6) is -1.08. The van der Waals surface area contributed by atoms with Crippen LogP contribution in [0.2, 0.25) is 0 Å². The Labute approximate surface area is 191 Å². The minimum atomic E-state index is -1.17. The summed E-state index contributed by atoms with van der Waals surface area (Å²) < 4.78 is 16.4. The molecule has 3 N–H and O–H groups in total. The fourth-order valence-corrected chi connectivity index (χ4v) is 3.41. The van der Waals surface area contributed by atoms with E-state index in [4.69, 9.17) is 19.3 Å². The van der Waals surface area contributed by atoms with E-state index in [1.165, 1.54) is 25.3 Å². The average molecular weight is 451 g/mol. The second-order valence-corrected chi connectivity index (χ2v) is 7.03. The zero-order valence-electron chi connectivity index (χ0n) is 18.2. The molecule has 3 aromatic rings. The normalized spacial score (nSPS) is 12.9. The predicted molar refractivity (Wildman–Crippen MR) is 124 cm³/mol. The molecule has 0 aliphatic carbocycles. The molecule has 0 aliphatic rings. The van der Waals surface area contributed by atoms with Crippen molar-refractivity contribution < 1.29 is 34.0 Å². The first-order valence-electron chi connectivity index (χ1n) is 10.3. The summed E-state index contributed by atoms with van der Waals surface area (Å²) in [6.45, 7) is 1.97. The fraction of sp³-hybridized carbons (Fsp3) is 0.200. The van der Waals surface area contributed by atoms with E-state index >= 15 is 0 Å². The number of carboxylic acids is 1. The van der Waals surface area contributed by atoms with Gasteiger partial charge in [0.2, 0.25) is 0 Å². The van der Waals surface area contributed by atoms with Gasteiger partial charge in [-0.2, -0.15) is 0 Å². The van der Waals surface area contributed by atoms with Crippen LogP contribution in [-0.4, -0.2) is 42.1 Å². The van der Waals surface area contributed by atoms with Gasteiger partial charge in [-0.1, -0.05) is 42.5 Å². The number of hydrogen-bond acceptors (Lipinski definition) is 6. The van der Waals surface area contributed by atoms with Crippen LogP contribution in [0.25, 0.3) is 10.8 Å². The van der Waals surface area contributed by atoms with Crippen LogP contribution in [-0.2, 0) is 14.3 Å². The second-order valence-electron chi connectivity index (χ2n) is 7.03. The van der Waals surface area contributed by atoms with Crippen LogP contribution >= 0.6 is 0 Å². The highest BCUT2D eigenvalue weighted by Crippen LogP contribution is 2.33. The number of phenolic OH excluding ortho intramolecular Hbond substituents is 1. The number of aliphatic carboxylic acids is 1. The third kappa shape index (κ3) is 6.02. The van der Waals surface area contributed by atoms with E-state index in [2.05, 4.69) is 5.32 Å². The molecule has 33 heavy (non-hydrogen) atoms. The number of amides is 1. The van der Waals surface area contributed by atoms with Crippen molar-refractivity contribution in [2.24, 2.45) is 0 Å². The monoisotopic (exact) mass is 451 g/mol. The smallest absolute Gasteiger partial charge is 0.412 e. The fourth-order valence-electron chi connectivity index (χ4n) is 3.41. The quantitative estimate of drug-likeness (QED) is 0.397. The minimum Gasteiger partial charge on any atom is -0.504 e. The molecule has 0 aliphatic heterocycles. The number of aromatic hydroxyl groups is 1.